The number of rotatable bonds is 10. The van der Waals surface area contributed by atoms with Crippen molar-refractivity contribution in [1.82, 2.24) is 5.32 Å². The van der Waals surface area contributed by atoms with Crippen LogP contribution in [0.4, 0.5) is 0 Å². The molecule has 1 aliphatic rings. The Balaban J connectivity index is 1.49. The van der Waals surface area contributed by atoms with Crippen LogP contribution >= 0.6 is 0 Å². The van der Waals surface area contributed by atoms with Crippen molar-refractivity contribution >= 4 is 5.91 Å². The van der Waals surface area contributed by atoms with Crippen molar-refractivity contribution in [3.05, 3.63) is 24.3 Å². The van der Waals surface area contributed by atoms with Crippen LogP contribution in [0.15, 0.2) is 24.3 Å². The van der Waals surface area contributed by atoms with Crippen LogP contribution in [0.25, 0.3) is 0 Å². The topological polar surface area (TPSA) is 56.8 Å². The predicted molar refractivity (Wildman–Crippen MR) is 79.7 cm³/mol. The van der Waals surface area contributed by atoms with Gasteiger partial charge in [0, 0.05) is 19.8 Å². The Morgan fingerprint density at radius 1 is 1.24 bits per heavy atom. The summed E-state index contributed by atoms with van der Waals surface area (Å²) in [5.41, 5.74) is 0. The molecule has 21 heavy (non-hydrogen) atoms. The summed E-state index contributed by atoms with van der Waals surface area (Å²) in [4.78, 5) is 11.6. The molecule has 1 saturated carbocycles. The number of carbonyl (C=O) groups is 1. The Kier molecular flexibility index (Phi) is 6.34. The molecule has 0 heterocycles. The molecule has 0 bridgehead atoms. The molecule has 1 fully saturated rings. The Hall–Kier alpha value is -1.75. The fraction of sp³-hybridized carbons (Fsp3) is 0.562. The van der Waals surface area contributed by atoms with Crippen LogP contribution in [0.5, 0.6) is 11.5 Å². The zero-order valence-corrected chi connectivity index (χ0v) is 12.5. The number of hydrogen-bond donors (Lipinski definition) is 1. The zero-order chi connectivity index (χ0) is 14.9. The molecule has 1 N–H and O–H groups in total. The fourth-order valence-corrected chi connectivity index (χ4v) is 1.81. The van der Waals surface area contributed by atoms with Gasteiger partial charge in [0.25, 0.3) is 5.91 Å². The van der Waals surface area contributed by atoms with E-state index in [0.717, 1.165) is 24.7 Å². The third kappa shape index (κ3) is 6.49. The molecular weight excluding hydrogens is 270 g/mol. The SMILES string of the molecule is COc1ccc(OCC(=O)NCCCOCC2CC2)cc1. The van der Waals surface area contributed by atoms with Crippen LogP contribution < -0.4 is 14.8 Å². The molecule has 1 aliphatic carbocycles. The highest BCUT2D eigenvalue weighted by atomic mass is 16.5. The maximum atomic E-state index is 11.6. The Labute approximate surface area is 125 Å². The first kappa shape index (κ1) is 15.6. The monoisotopic (exact) mass is 293 g/mol. The molecule has 0 unspecified atom stereocenters. The number of hydrogen-bond acceptors (Lipinski definition) is 4. The first-order valence-corrected chi connectivity index (χ1v) is 7.39. The molecule has 1 amide bonds. The van der Waals surface area contributed by atoms with Gasteiger partial charge in [-0.05, 0) is 49.4 Å². The maximum absolute atomic E-state index is 11.6. The summed E-state index contributed by atoms with van der Waals surface area (Å²) in [6.07, 6.45) is 3.44. The van der Waals surface area contributed by atoms with Crippen molar-refractivity contribution in [3.8, 4) is 11.5 Å². The van der Waals surface area contributed by atoms with E-state index in [9.17, 15) is 4.79 Å². The molecular formula is C16H23NO4. The van der Waals surface area contributed by atoms with Crippen LogP contribution in [0.2, 0.25) is 0 Å². The van der Waals surface area contributed by atoms with Crippen LogP contribution in [0, 0.1) is 5.92 Å². The predicted octanol–water partition coefficient (Wildman–Crippen LogP) is 2.01. The van der Waals surface area contributed by atoms with Gasteiger partial charge in [-0.15, -0.1) is 0 Å². The second-order valence-electron chi connectivity index (χ2n) is 5.19. The average molecular weight is 293 g/mol. The van der Waals surface area contributed by atoms with E-state index >= 15 is 0 Å². The molecule has 0 saturated heterocycles. The lowest BCUT2D eigenvalue weighted by Gasteiger charge is -2.08. The van der Waals surface area contributed by atoms with Crippen molar-refractivity contribution < 1.29 is 19.0 Å². The Morgan fingerprint density at radius 3 is 2.62 bits per heavy atom. The number of amides is 1. The summed E-state index contributed by atoms with van der Waals surface area (Å²) in [6, 6.07) is 7.14. The summed E-state index contributed by atoms with van der Waals surface area (Å²) < 4.78 is 15.9. The second-order valence-corrected chi connectivity index (χ2v) is 5.19. The molecule has 5 heteroatoms. The number of methoxy groups -OCH3 is 1. The summed E-state index contributed by atoms with van der Waals surface area (Å²) in [7, 11) is 1.61. The average Bonchev–Trinajstić information content (AvgIpc) is 3.33. The smallest absolute Gasteiger partial charge is 0.257 e. The molecule has 5 nitrogen and oxygen atoms in total. The Bertz CT molecular complexity index is 428. The minimum atomic E-state index is -0.118. The van der Waals surface area contributed by atoms with Crippen molar-refractivity contribution in [2.24, 2.45) is 5.92 Å². The van der Waals surface area contributed by atoms with E-state index in [0.29, 0.717) is 18.9 Å². The van der Waals surface area contributed by atoms with Crippen LogP contribution in [-0.4, -0.2) is 39.4 Å². The van der Waals surface area contributed by atoms with Gasteiger partial charge in [-0.1, -0.05) is 0 Å². The minimum absolute atomic E-state index is 0.0231. The highest BCUT2D eigenvalue weighted by Crippen LogP contribution is 2.28. The lowest BCUT2D eigenvalue weighted by atomic mass is 10.3. The molecule has 116 valence electrons. The zero-order valence-electron chi connectivity index (χ0n) is 12.5. The van der Waals surface area contributed by atoms with E-state index in [2.05, 4.69) is 5.32 Å². The van der Waals surface area contributed by atoms with Gasteiger partial charge in [0.2, 0.25) is 0 Å². The van der Waals surface area contributed by atoms with E-state index in [1.54, 1.807) is 31.4 Å². The number of ether oxygens (including phenoxy) is 3. The molecule has 0 spiro atoms. The lowest BCUT2D eigenvalue weighted by molar-refractivity contribution is -0.123. The highest BCUT2D eigenvalue weighted by Gasteiger charge is 2.20. The standard InChI is InChI=1S/C16H23NO4/c1-19-14-5-7-15(8-6-14)21-12-16(18)17-9-2-10-20-11-13-3-4-13/h5-8,13H,2-4,9-12H2,1H3,(H,17,18). The second kappa shape index (κ2) is 8.52. The molecule has 1 aromatic carbocycles. The van der Waals surface area contributed by atoms with Crippen molar-refractivity contribution in [2.75, 3.05) is 33.5 Å². The quantitative estimate of drug-likeness (QED) is 0.670. The number of nitrogens with one attached hydrogen (secondary N) is 1. The molecule has 0 atom stereocenters. The third-order valence-electron chi connectivity index (χ3n) is 3.27. The van der Waals surface area contributed by atoms with E-state index < -0.39 is 0 Å². The first-order chi connectivity index (χ1) is 10.3. The van der Waals surface area contributed by atoms with Crippen LogP contribution in [-0.2, 0) is 9.53 Å². The van der Waals surface area contributed by atoms with E-state index in [1.165, 1.54) is 12.8 Å². The fourth-order valence-electron chi connectivity index (χ4n) is 1.81. The largest absolute Gasteiger partial charge is 0.497 e. The van der Waals surface area contributed by atoms with Gasteiger partial charge in [0.05, 0.1) is 7.11 Å². The summed E-state index contributed by atoms with van der Waals surface area (Å²) in [6.45, 7) is 2.22. The van der Waals surface area contributed by atoms with Gasteiger partial charge in [0.1, 0.15) is 11.5 Å². The molecule has 0 radical (unpaired) electrons. The van der Waals surface area contributed by atoms with Crippen LogP contribution in [0.1, 0.15) is 19.3 Å². The Morgan fingerprint density at radius 2 is 1.95 bits per heavy atom. The van der Waals surface area contributed by atoms with Crippen molar-refractivity contribution in [3.63, 3.8) is 0 Å². The molecule has 0 aromatic heterocycles. The van der Waals surface area contributed by atoms with Gasteiger partial charge >= 0.3 is 0 Å². The maximum Gasteiger partial charge on any atom is 0.257 e. The highest BCUT2D eigenvalue weighted by molar-refractivity contribution is 5.77. The molecule has 1 aromatic rings. The van der Waals surface area contributed by atoms with Gasteiger partial charge in [0.15, 0.2) is 6.61 Å². The van der Waals surface area contributed by atoms with E-state index in [-0.39, 0.29) is 12.5 Å². The van der Waals surface area contributed by atoms with Gasteiger partial charge in [-0.3, -0.25) is 4.79 Å². The number of carbonyl (C=O) groups excluding carboxylic acids is 1. The van der Waals surface area contributed by atoms with E-state index in [4.69, 9.17) is 14.2 Å². The van der Waals surface area contributed by atoms with Crippen molar-refractivity contribution in [1.29, 1.82) is 0 Å². The van der Waals surface area contributed by atoms with Crippen LogP contribution in [0.3, 0.4) is 0 Å². The molecule has 0 aliphatic heterocycles. The summed E-state index contributed by atoms with van der Waals surface area (Å²) in [5.74, 6) is 2.09. The molecule has 2 rings (SSSR count). The third-order valence-corrected chi connectivity index (χ3v) is 3.27. The van der Waals surface area contributed by atoms with Crippen molar-refractivity contribution in [2.45, 2.75) is 19.3 Å². The van der Waals surface area contributed by atoms with Gasteiger partial charge in [-0.2, -0.15) is 0 Å². The summed E-state index contributed by atoms with van der Waals surface area (Å²) in [5, 5.41) is 2.81. The van der Waals surface area contributed by atoms with Gasteiger partial charge < -0.3 is 19.5 Å². The van der Waals surface area contributed by atoms with E-state index in [1.807, 2.05) is 0 Å². The summed E-state index contributed by atoms with van der Waals surface area (Å²) >= 11 is 0. The minimum Gasteiger partial charge on any atom is -0.497 e. The van der Waals surface area contributed by atoms with Gasteiger partial charge in [-0.25, -0.2) is 0 Å². The normalized spacial score (nSPS) is 13.8. The number of benzene rings is 1. The lowest BCUT2D eigenvalue weighted by Crippen LogP contribution is -2.30. The first-order valence-electron chi connectivity index (χ1n) is 7.39.